The van der Waals surface area contributed by atoms with Crippen molar-refractivity contribution in [2.24, 2.45) is 0 Å². The highest BCUT2D eigenvalue weighted by molar-refractivity contribution is 5.72. The smallest absolute Gasteiger partial charge is 0.146 e. The third kappa shape index (κ3) is 2.06. The zero-order valence-electron chi connectivity index (χ0n) is 9.21. The highest BCUT2D eigenvalue weighted by atomic mass is 19.1. The molecule has 0 fully saturated rings. The highest BCUT2D eigenvalue weighted by Crippen LogP contribution is 2.33. The van der Waals surface area contributed by atoms with E-state index in [0.29, 0.717) is 11.3 Å². The molecule has 0 aliphatic carbocycles. The molecule has 0 atom stereocenters. The molecule has 88 valence electrons. The van der Waals surface area contributed by atoms with Crippen LogP contribution < -0.4 is 10.5 Å². The van der Waals surface area contributed by atoms with Crippen molar-refractivity contribution in [3.63, 3.8) is 0 Å². The van der Waals surface area contributed by atoms with Crippen molar-refractivity contribution in [1.82, 2.24) is 0 Å². The average molecular weight is 235 g/mol. The van der Waals surface area contributed by atoms with E-state index < -0.39 is 11.6 Å². The van der Waals surface area contributed by atoms with Gasteiger partial charge >= 0.3 is 0 Å². The van der Waals surface area contributed by atoms with E-state index in [4.69, 9.17) is 10.5 Å². The molecule has 0 aliphatic heterocycles. The average Bonchev–Trinajstić information content (AvgIpc) is 2.34. The molecule has 0 aromatic heterocycles. The second kappa shape index (κ2) is 4.41. The van der Waals surface area contributed by atoms with Crippen LogP contribution >= 0.6 is 0 Å². The number of ether oxygens (including phenoxy) is 1. The molecule has 0 saturated heterocycles. The Balaban J connectivity index is 2.64. The number of para-hydroxylation sites is 1. The quantitative estimate of drug-likeness (QED) is 0.811. The van der Waals surface area contributed by atoms with E-state index in [2.05, 4.69) is 0 Å². The van der Waals surface area contributed by atoms with Gasteiger partial charge in [-0.3, -0.25) is 0 Å². The molecule has 0 bridgehead atoms. The molecule has 2 aromatic carbocycles. The largest absolute Gasteiger partial charge is 0.496 e. The van der Waals surface area contributed by atoms with E-state index in [-0.39, 0.29) is 11.3 Å². The monoisotopic (exact) mass is 235 g/mol. The maximum absolute atomic E-state index is 13.7. The van der Waals surface area contributed by atoms with Gasteiger partial charge in [0.2, 0.25) is 0 Å². The summed E-state index contributed by atoms with van der Waals surface area (Å²) in [4.78, 5) is 0. The van der Waals surface area contributed by atoms with Crippen LogP contribution in [0, 0.1) is 11.6 Å². The van der Waals surface area contributed by atoms with Crippen molar-refractivity contribution in [1.29, 1.82) is 0 Å². The minimum atomic E-state index is -0.646. The summed E-state index contributed by atoms with van der Waals surface area (Å²) in [5, 5.41) is 0. The van der Waals surface area contributed by atoms with E-state index in [1.807, 2.05) is 0 Å². The summed E-state index contributed by atoms with van der Waals surface area (Å²) in [7, 11) is 1.48. The SMILES string of the molecule is COc1ccccc1-c1cc(F)c(N)cc1F. The molecule has 0 spiro atoms. The Labute approximate surface area is 97.6 Å². The maximum Gasteiger partial charge on any atom is 0.146 e. The Morgan fingerprint density at radius 3 is 2.41 bits per heavy atom. The molecule has 17 heavy (non-hydrogen) atoms. The summed E-state index contributed by atoms with van der Waals surface area (Å²) in [6.45, 7) is 0. The summed E-state index contributed by atoms with van der Waals surface area (Å²) in [5.74, 6) is -0.740. The first kappa shape index (κ1) is 11.4. The fourth-order valence-electron chi connectivity index (χ4n) is 1.64. The second-order valence-electron chi connectivity index (χ2n) is 3.55. The third-order valence-corrected chi connectivity index (χ3v) is 2.48. The number of benzene rings is 2. The van der Waals surface area contributed by atoms with Crippen molar-refractivity contribution in [3.05, 3.63) is 48.0 Å². The van der Waals surface area contributed by atoms with Gasteiger partial charge in [0, 0.05) is 17.2 Å². The topological polar surface area (TPSA) is 35.2 Å². The first-order chi connectivity index (χ1) is 8.13. The minimum absolute atomic E-state index is 0.133. The summed E-state index contributed by atoms with van der Waals surface area (Å²) < 4.78 is 32.2. The third-order valence-electron chi connectivity index (χ3n) is 2.48. The molecular formula is C13H11F2NO. The van der Waals surface area contributed by atoms with E-state index >= 15 is 0 Å². The molecule has 0 radical (unpaired) electrons. The fourth-order valence-corrected chi connectivity index (χ4v) is 1.64. The molecule has 2 N–H and O–H groups in total. The molecule has 0 aliphatic rings. The zero-order valence-corrected chi connectivity index (χ0v) is 9.21. The lowest BCUT2D eigenvalue weighted by molar-refractivity contribution is 0.416. The first-order valence-corrected chi connectivity index (χ1v) is 5.01. The number of anilines is 1. The van der Waals surface area contributed by atoms with Gasteiger partial charge in [0.25, 0.3) is 0 Å². The zero-order chi connectivity index (χ0) is 12.4. The van der Waals surface area contributed by atoms with Gasteiger partial charge in [0.05, 0.1) is 12.8 Å². The lowest BCUT2D eigenvalue weighted by Gasteiger charge is -2.10. The number of hydrogen-bond donors (Lipinski definition) is 1. The summed E-state index contributed by atoms with van der Waals surface area (Å²) in [5.41, 5.74) is 5.71. The van der Waals surface area contributed by atoms with Gasteiger partial charge in [-0.1, -0.05) is 18.2 Å². The van der Waals surface area contributed by atoms with E-state index in [1.165, 1.54) is 7.11 Å². The van der Waals surface area contributed by atoms with Crippen LogP contribution in [-0.4, -0.2) is 7.11 Å². The van der Waals surface area contributed by atoms with Crippen molar-refractivity contribution >= 4 is 5.69 Å². The number of methoxy groups -OCH3 is 1. The predicted octanol–water partition coefficient (Wildman–Crippen LogP) is 3.22. The number of hydrogen-bond acceptors (Lipinski definition) is 2. The molecule has 0 saturated carbocycles. The fraction of sp³-hybridized carbons (Fsp3) is 0.0769. The number of nitrogen functional groups attached to an aromatic ring is 1. The number of halogens is 2. The molecule has 0 heterocycles. The Bertz CT molecular complexity index is 555. The Morgan fingerprint density at radius 2 is 1.71 bits per heavy atom. The molecule has 2 nitrogen and oxygen atoms in total. The summed E-state index contributed by atoms with van der Waals surface area (Å²) >= 11 is 0. The summed E-state index contributed by atoms with van der Waals surface area (Å²) in [6, 6.07) is 8.87. The van der Waals surface area contributed by atoms with Crippen LogP contribution in [0.3, 0.4) is 0 Å². The van der Waals surface area contributed by atoms with Gasteiger partial charge < -0.3 is 10.5 Å². The van der Waals surface area contributed by atoms with Crippen molar-refractivity contribution in [3.8, 4) is 16.9 Å². The van der Waals surface area contributed by atoms with Gasteiger partial charge in [-0.15, -0.1) is 0 Å². The van der Waals surface area contributed by atoms with Crippen LogP contribution in [0.1, 0.15) is 0 Å². The molecule has 0 unspecified atom stereocenters. The Kier molecular flexibility index (Phi) is 2.95. The second-order valence-corrected chi connectivity index (χ2v) is 3.55. The molecular weight excluding hydrogens is 224 g/mol. The standard InChI is InChI=1S/C13H11F2NO/c1-17-13-5-3-2-4-8(13)9-6-11(15)12(16)7-10(9)14/h2-7H,16H2,1H3. The lowest BCUT2D eigenvalue weighted by atomic mass is 10.0. The minimum Gasteiger partial charge on any atom is -0.496 e. The van der Waals surface area contributed by atoms with Gasteiger partial charge in [0.1, 0.15) is 17.4 Å². The van der Waals surface area contributed by atoms with E-state index in [1.54, 1.807) is 24.3 Å². The number of rotatable bonds is 2. The van der Waals surface area contributed by atoms with Crippen molar-refractivity contribution in [2.45, 2.75) is 0 Å². The normalized spacial score (nSPS) is 10.3. The van der Waals surface area contributed by atoms with Gasteiger partial charge in [-0.25, -0.2) is 8.78 Å². The van der Waals surface area contributed by atoms with Gasteiger partial charge in [-0.05, 0) is 12.1 Å². The van der Waals surface area contributed by atoms with Crippen molar-refractivity contribution in [2.75, 3.05) is 12.8 Å². The van der Waals surface area contributed by atoms with E-state index in [9.17, 15) is 8.78 Å². The Morgan fingerprint density at radius 1 is 1.00 bits per heavy atom. The number of nitrogens with two attached hydrogens (primary N) is 1. The van der Waals surface area contributed by atoms with Crippen LogP contribution in [-0.2, 0) is 0 Å². The van der Waals surface area contributed by atoms with Crippen LogP contribution in [0.15, 0.2) is 36.4 Å². The van der Waals surface area contributed by atoms with Crippen LogP contribution in [0.5, 0.6) is 5.75 Å². The lowest BCUT2D eigenvalue weighted by Crippen LogP contribution is -1.96. The Hall–Kier alpha value is -2.10. The first-order valence-electron chi connectivity index (χ1n) is 5.01. The van der Waals surface area contributed by atoms with Gasteiger partial charge in [0.15, 0.2) is 0 Å². The van der Waals surface area contributed by atoms with Crippen LogP contribution in [0.25, 0.3) is 11.1 Å². The predicted molar refractivity (Wildman–Crippen MR) is 62.8 cm³/mol. The molecule has 2 aromatic rings. The molecule has 0 amide bonds. The van der Waals surface area contributed by atoms with Gasteiger partial charge in [-0.2, -0.15) is 0 Å². The van der Waals surface area contributed by atoms with Crippen LogP contribution in [0.4, 0.5) is 14.5 Å². The summed E-state index contributed by atoms with van der Waals surface area (Å²) in [6.07, 6.45) is 0. The maximum atomic E-state index is 13.7. The molecule has 2 rings (SSSR count). The highest BCUT2D eigenvalue weighted by Gasteiger charge is 2.13. The van der Waals surface area contributed by atoms with E-state index in [0.717, 1.165) is 12.1 Å². The molecule has 4 heteroatoms. The van der Waals surface area contributed by atoms with Crippen molar-refractivity contribution < 1.29 is 13.5 Å². The van der Waals surface area contributed by atoms with Crippen LogP contribution in [0.2, 0.25) is 0 Å².